The molecule has 0 saturated heterocycles. The highest BCUT2D eigenvalue weighted by molar-refractivity contribution is 7.92. The predicted molar refractivity (Wildman–Crippen MR) is 119 cm³/mol. The molecule has 30 heavy (non-hydrogen) atoms. The first kappa shape index (κ1) is 23.5. The summed E-state index contributed by atoms with van der Waals surface area (Å²) in [5, 5.41) is 2.70. The van der Waals surface area contributed by atoms with Gasteiger partial charge in [0.25, 0.3) is 0 Å². The highest BCUT2D eigenvalue weighted by atomic mass is 32.2. The number of carbonyl (C=O) groups excluding carboxylic acids is 1. The normalized spacial score (nSPS) is 11.1. The lowest BCUT2D eigenvalue weighted by atomic mass is 10.1. The SMILES string of the molecule is CCCOc1ccc(N(CC(=O)NCCOc2cc(C)ccc2C)S(C)(=O)=O)cc1. The van der Waals surface area contributed by atoms with Gasteiger partial charge in [-0.2, -0.15) is 0 Å². The lowest BCUT2D eigenvalue weighted by Gasteiger charge is -2.22. The molecule has 0 bridgehead atoms. The van der Waals surface area contributed by atoms with Crippen LogP contribution in [-0.2, 0) is 14.8 Å². The van der Waals surface area contributed by atoms with Gasteiger partial charge in [0.05, 0.1) is 25.1 Å². The summed E-state index contributed by atoms with van der Waals surface area (Å²) in [5.74, 6) is 1.02. The summed E-state index contributed by atoms with van der Waals surface area (Å²) in [5.41, 5.74) is 2.51. The Hall–Kier alpha value is -2.74. The number of rotatable bonds is 11. The van der Waals surface area contributed by atoms with Crippen molar-refractivity contribution in [2.24, 2.45) is 0 Å². The molecule has 2 aromatic rings. The van der Waals surface area contributed by atoms with E-state index in [9.17, 15) is 13.2 Å². The van der Waals surface area contributed by atoms with E-state index in [4.69, 9.17) is 9.47 Å². The molecule has 164 valence electrons. The third-order valence-corrected chi connectivity index (χ3v) is 5.45. The molecule has 8 heteroatoms. The predicted octanol–water partition coefficient (Wildman–Crippen LogP) is 3.05. The van der Waals surface area contributed by atoms with Crippen LogP contribution in [0, 0.1) is 13.8 Å². The van der Waals surface area contributed by atoms with Crippen molar-refractivity contribution in [2.75, 3.05) is 36.9 Å². The molecule has 0 heterocycles. The molecule has 0 fully saturated rings. The quantitative estimate of drug-likeness (QED) is 0.550. The summed E-state index contributed by atoms with van der Waals surface area (Å²) in [6.07, 6.45) is 1.95. The van der Waals surface area contributed by atoms with Crippen LogP contribution < -0.4 is 19.1 Å². The standard InChI is InChI=1S/C22H30N2O5S/c1-5-13-28-20-10-8-19(9-11-20)24(30(4,26)27)16-22(25)23-12-14-29-21-15-17(2)6-7-18(21)3/h6-11,15H,5,12-14,16H2,1-4H3,(H,23,25). The number of hydrogen-bond donors (Lipinski definition) is 1. The molecule has 0 saturated carbocycles. The van der Waals surface area contributed by atoms with E-state index in [2.05, 4.69) is 5.32 Å². The second-order valence-corrected chi connectivity index (χ2v) is 8.99. The van der Waals surface area contributed by atoms with E-state index in [1.807, 2.05) is 39.0 Å². The maximum Gasteiger partial charge on any atom is 0.240 e. The van der Waals surface area contributed by atoms with Crippen molar-refractivity contribution in [3.8, 4) is 11.5 Å². The molecule has 2 aromatic carbocycles. The fourth-order valence-electron chi connectivity index (χ4n) is 2.73. The maximum absolute atomic E-state index is 12.3. The number of benzene rings is 2. The van der Waals surface area contributed by atoms with Gasteiger partial charge in [0.15, 0.2) is 0 Å². The van der Waals surface area contributed by atoms with Gasteiger partial charge in [-0.15, -0.1) is 0 Å². The number of aryl methyl sites for hydroxylation is 2. The average Bonchev–Trinajstić information content (AvgIpc) is 2.70. The summed E-state index contributed by atoms with van der Waals surface area (Å²) in [7, 11) is -3.63. The summed E-state index contributed by atoms with van der Waals surface area (Å²) < 4.78 is 36.7. The third kappa shape index (κ3) is 7.26. The van der Waals surface area contributed by atoms with E-state index in [-0.39, 0.29) is 13.1 Å². The first-order chi connectivity index (χ1) is 14.2. The molecule has 0 radical (unpaired) electrons. The van der Waals surface area contributed by atoms with Gasteiger partial charge in [-0.1, -0.05) is 19.1 Å². The molecule has 7 nitrogen and oxygen atoms in total. The molecule has 2 rings (SSSR count). The van der Waals surface area contributed by atoms with Gasteiger partial charge in [0, 0.05) is 0 Å². The molecule has 1 amide bonds. The van der Waals surface area contributed by atoms with Gasteiger partial charge in [-0.25, -0.2) is 8.42 Å². The third-order valence-electron chi connectivity index (χ3n) is 4.31. The number of amides is 1. The van der Waals surface area contributed by atoms with E-state index in [0.717, 1.165) is 33.9 Å². The number of nitrogens with zero attached hydrogens (tertiary/aromatic N) is 1. The lowest BCUT2D eigenvalue weighted by Crippen LogP contribution is -2.41. The number of ether oxygens (including phenoxy) is 2. The van der Waals surface area contributed by atoms with E-state index in [0.29, 0.717) is 24.7 Å². The van der Waals surface area contributed by atoms with Crippen LogP contribution in [0.3, 0.4) is 0 Å². The van der Waals surface area contributed by atoms with Crippen molar-refractivity contribution < 1.29 is 22.7 Å². The Balaban J connectivity index is 1.91. The Morgan fingerprint density at radius 1 is 1.03 bits per heavy atom. The minimum absolute atomic E-state index is 0.271. The fourth-order valence-corrected chi connectivity index (χ4v) is 3.59. The Kier molecular flexibility index (Phi) is 8.53. The van der Waals surface area contributed by atoms with Gasteiger partial charge in [0.2, 0.25) is 15.9 Å². The van der Waals surface area contributed by atoms with E-state index >= 15 is 0 Å². The lowest BCUT2D eigenvalue weighted by molar-refractivity contribution is -0.119. The van der Waals surface area contributed by atoms with Crippen LogP contribution in [0.4, 0.5) is 5.69 Å². The fraction of sp³-hybridized carbons (Fsp3) is 0.409. The van der Waals surface area contributed by atoms with Gasteiger partial charge in [-0.05, 0) is 61.7 Å². The first-order valence-electron chi connectivity index (χ1n) is 9.88. The first-order valence-corrected chi connectivity index (χ1v) is 11.7. The second-order valence-electron chi connectivity index (χ2n) is 7.08. The smallest absolute Gasteiger partial charge is 0.240 e. The Morgan fingerprint density at radius 3 is 2.37 bits per heavy atom. The molecule has 0 aliphatic heterocycles. The van der Waals surface area contributed by atoms with E-state index in [1.165, 1.54) is 0 Å². The minimum Gasteiger partial charge on any atom is -0.494 e. The van der Waals surface area contributed by atoms with Gasteiger partial charge in [0.1, 0.15) is 24.7 Å². The van der Waals surface area contributed by atoms with Gasteiger partial charge in [-0.3, -0.25) is 9.10 Å². The Morgan fingerprint density at radius 2 is 1.73 bits per heavy atom. The summed E-state index contributed by atoms with van der Waals surface area (Å²) in [6, 6.07) is 12.6. The van der Waals surface area contributed by atoms with Crippen LogP contribution in [0.25, 0.3) is 0 Å². The molecule has 0 aromatic heterocycles. The van der Waals surface area contributed by atoms with E-state index < -0.39 is 15.9 Å². The van der Waals surface area contributed by atoms with Gasteiger partial charge >= 0.3 is 0 Å². The number of carbonyl (C=O) groups is 1. The van der Waals surface area contributed by atoms with Crippen molar-refractivity contribution in [1.82, 2.24) is 5.32 Å². The van der Waals surface area contributed by atoms with Crippen LogP contribution >= 0.6 is 0 Å². The molecule has 0 spiro atoms. The molecular formula is C22H30N2O5S. The Bertz CT molecular complexity index is 943. The zero-order chi connectivity index (χ0) is 22.1. The van der Waals surface area contributed by atoms with Crippen molar-refractivity contribution in [3.63, 3.8) is 0 Å². The maximum atomic E-state index is 12.3. The molecule has 0 unspecified atom stereocenters. The molecule has 1 N–H and O–H groups in total. The number of hydrogen-bond acceptors (Lipinski definition) is 5. The second kappa shape index (κ2) is 10.9. The van der Waals surface area contributed by atoms with Crippen molar-refractivity contribution in [3.05, 3.63) is 53.6 Å². The average molecular weight is 435 g/mol. The summed E-state index contributed by atoms with van der Waals surface area (Å²) in [4.78, 5) is 12.3. The van der Waals surface area contributed by atoms with Crippen LogP contribution in [0.1, 0.15) is 24.5 Å². The zero-order valence-electron chi connectivity index (χ0n) is 18.0. The molecular weight excluding hydrogens is 404 g/mol. The molecule has 0 aliphatic carbocycles. The summed E-state index contributed by atoms with van der Waals surface area (Å²) >= 11 is 0. The largest absolute Gasteiger partial charge is 0.494 e. The van der Waals surface area contributed by atoms with Crippen LogP contribution in [0.15, 0.2) is 42.5 Å². The summed E-state index contributed by atoms with van der Waals surface area (Å²) in [6.45, 7) is 6.78. The number of nitrogens with one attached hydrogen (secondary N) is 1. The highest BCUT2D eigenvalue weighted by Gasteiger charge is 2.20. The van der Waals surface area contributed by atoms with Crippen LogP contribution in [0.5, 0.6) is 11.5 Å². The monoisotopic (exact) mass is 434 g/mol. The Labute approximate surface area is 179 Å². The van der Waals surface area contributed by atoms with Crippen molar-refractivity contribution >= 4 is 21.6 Å². The van der Waals surface area contributed by atoms with Crippen molar-refractivity contribution in [2.45, 2.75) is 27.2 Å². The van der Waals surface area contributed by atoms with Crippen LogP contribution in [-0.4, -0.2) is 46.9 Å². The van der Waals surface area contributed by atoms with Crippen molar-refractivity contribution in [1.29, 1.82) is 0 Å². The minimum atomic E-state index is -3.63. The molecule has 0 atom stereocenters. The van der Waals surface area contributed by atoms with E-state index in [1.54, 1.807) is 24.3 Å². The number of anilines is 1. The highest BCUT2D eigenvalue weighted by Crippen LogP contribution is 2.22. The molecule has 0 aliphatic rings. The zero-order valence-corrected chi connectivity index (χ0v) is 18.8. The van der Waals surface area contributed by atoms with Gasteiger partial charge < -0.3 is 14.8 Å². The topological polar surface area (TPSA) is 84.9 Å². The number of sulfonamides is 1. The van der Waals surface area contributed by atoms with Crippen LogP contribution in [0.2, 0.25) is 0 Å².